The lowest BCUT2D eigenvalue weighted by Crippen LogP contribution is -2.36. The molecule has 0 bridgehead atoms. The Morgan fingerprint density at radius 1 is 1.44 bits per heavy atom. The molecular formula is C12H16N2O2. The van der Waals surface area contributed by atoms with Gasteiger partial charge >= 0.3 is 6.03 Å². The number of hydrogen-bond acceptors (Lipinski definition) is 2. The van der Waals surface area contributed by atoms with E-state index in [1.165, 1.54) is 0 Å². The van der Waals surface area contributed by atoms with Crippen molar-refractivity contribution in [2.45, 2.75) is 13.0 Å². The number of aliphatic hydroxyl groups excluding tert-OH is 1. The van der Waals surface area contributed by atoms with Gasteiger partial charge in [0.1, 0.15) is 0 Å². The highest BCUT2D eigenvalue weighted by Crippen LogP contribution is 1.99. The number of aliphatic hydroxyl groups is 1. The summed E-state index contributed by atoms with van der Waals surface area (Å²) in [6.07, 6.45) is 2.82. The van der Waals surface area contributed by atoms with Gasteiger partial charge in [0.2, 0.25) is 0 Å². The summed E-state index contributed by atoms with van der Waals surface area (Å²) in [5.41, 5.74) is 1.01. The van der Waals surface area contributed by atoms with E-state index in [1.807, 2.05) is 30.3 Å². The molecule has 2 amide bonds. The summed E-state index contributed by atoms with van der Waals surface area (Å²) < 4.78 is 0. The van der Waals surface area contributed by atoms with Crippen LogP contribution in [0.2, 0.25) is 0 Å². The highest BCUT2D eigenvalue weighted by Gasteiger charge is 1.98. The van der Waals surface area contributed by atoms with E-state index in [-0.39, 0.29) is 12.6 Å². The zero-order chi connectivity index (χ0) is 11.8. The third-order valence-electron chi connectivity index (χ3n) is 1.85. The van der Waals surface area contributed by atoms with Crippen molar-refractivity contribution in [2.24, 2.45) is 0 Å². The topological polar surface area (TPSA) is 61.4 Å². The number of benzene rings is 1. The fourth-order valence-electron chi connectivity index (χ4n) is 1.07. The first-order valence-electron chi connectivity index (χ1n) is 5.12. The van der Waals surface area contributed by atoms with E-state index in [4.69, 9.17) is 5.11 Å². The second kappa shape index (κ2) is 6.63. The molecule has 0 radical (unpaired) electrons. The van der Waals surface area contributed by atoms with Crippen LogP contribution >= 0.6 is 0 Å². The highest BCUT2D eigenvalue weighted by atomic mass is 16.3. The Hall–Kier alpha value is -1.81. The summed E-state index contributed by atoms with van der Waals surface area (Å²) in [5, 5.41) is 14.0. The summed E-state index contributed by atoms with van der Waals surface area (Å²) in [6, 6.07) is 9.33. The monoisotopic (exact) mass is 220 g/mol. The van der Waals surface area contributed by atoms with Crippen molar-refractivity contribution >= 4 is 12.1 Å². The zero-order valence-electron chi connectivity index (χ0n) is 9.18. The molecule has 86 valence electrons. The van der Waals surface area contributed by atoms with Gasteiger partial charge in [-0.3, -0.25) is 0 Å². The van der Waals surface area contributed by atoms with Gasteiger partial charge in [0.05, 0.1) is 6.10 Å². The fourth-order valence-corrected chi connectivity index (χ4v) is 1.07. The number of rotatable bonds is 4. The molecule has 0 aliphatic heterocycles. The van der Waals surface area contributed by atoms with E-state index in [2.05, 4.69) is 10.6 Å². The van der Waals surface area contributed by atoms with Gasteiger partial charge in [0.15, 0.2) is 0 Å². The van der Waals surface area contributed by atoms with Gasteiger partial charge in [-0.1, -0.05) is 30.3 Å². The van der Waals surface area contributed by atoms with Crippen molar-refractivity contribution in [1.29, 1.82) is 0 Å². The average molecular weight is 220 g/mol. The van der Waals surface area contributed by atoms with Gasteiger partial charge in [-0.15, -0.1) is 0 Å². The lowest BCUT2D eigenvalue weighted by molar-refractivity contribution is 0.188. The van der Waals surface area contributed by atoms with Gasteiger partial charge in [-0.25, -0.2) is 4.79 Å². The van der Waals surface area contributed by atoms with Crippen LogP contribution in [0.5, 0.6) is 0 Å². The molecule has 0 saturated heterocycles. The van der Waals surface area contributed by atoms with E-state index in [0.29, 0.717) is 0 Å². The minimum atomic E-state index is -0.538. The molecule has 0 aromatic heterocycles. The Labute approximate surface area is 95.0 Å². The van der Waals surface area contributed by atoms with Crippen LogP contribution in [0.25, 0.3) is 6.08 Å². The van der Waals surface area contributed by atoms with Crippen molar-refractivity contribution in [3.05, 3.63) is 42.1 Å². The molecule has 1 rings (SSSR count). The highest BCUT2D eigenvalue weighted by molar-refractivity contribution is 5.75. The van der Waals surface area contributed by atoms with Crippen molar-refractivity contribution in [3.8, 4) is 0 Å². The van der Waals surface area contributed by atoms with Gasteiger partial charge in [-0.2, -0.15) is 0 Å². The maximum Gasteiger partial charge on any atom is 0.318 e. The number of nitrogens with one attached hydrogen (secondary N) is 2. The molecule has 0 heterocycles. The quantitative estimate of drug-likeness (QED) is 0.717. The van der Waals surface area contributed by atoms with Gasteiger partial charge in [0.25, 0.3) is 0 Å². The molecule has 0 aliphatic carbocycles. The third kappa shape index (κ3) is 5.17. The summed E-state index contributed by atoms with van der Waals surface area (Å²) >= 11 is 0. The first kappa shape index (κ1) is 12.3. The summed E-state index contributed by atoms with van der Waals surface area (Å²) in [4.78, 5) is 11.2. The first-order valence-corrected chi connectivity index (χ1v) is 5.12. The lowest BCUT2D eigenvalue weighted by atomic mass is 10.2. The molecule has 16 heavy (non-hydrogen) atoms. The Morgan fingerprint density at radius 3 is 2.75 bits per heavy atom. The summed E-state index contributed by atoms with van der Waals surface area (Å²) in [7, 11) is 0. The van der Waals surface area contributed by atoms with Gasteiger partial charge in [-0.05, 0) is 18.6 Å². The Kier molecular flexibility index (Phi) is 5.08. The molecule has 4 heteroatoms. The predicted octanol–water partition coefficient (Wildman–Crippen LogP) is 1.34. The maximum atomic E-state index is 11.2. The minimum Gasteiger partial charge on any atom is -0.392 e. The van der Waals surface area contributed by atoms with Crippen LogP contribution < -0.4 is 10.6 Å². The molecule has 0 fully saturated rings. The second-order valence-electron chi connectivity index (χ2n) is 3.45. The first-order chi connectivity index (χ1) is 7.68. The molecule has 0 saturated carbocycles. The molecule has 4 nitrogen and oxygen atoms in total. The van der Waals surface area contributed by atoms with Crippen molar-refractivity contribution in [2.75, 3.05) is 6.54 Å². The molecule has 1 aromatic rings. The van der Waals surface area contributed by atoms with E-state index < -0.39 is 6.10 Å². The molecule has 3 N–H and O–H groups in total. The lowest BCUT2D eigenvalue weighted by Gasteiger charge is -2.05. The number of carbonyl (C=O) groups is 1. The number of urea groups is 1. The number of hydrogen-bond donors (Lipinski definition) is 3. The van der Waals surface area contributed by atoms with Crippen LogP contribution in [0.4, 0.5) is 4.79 Å². The smallest absolute Gasteiger partial charge is 0.318 e. The fraction of sp³-hybridized carbons (Fsp3) is 0.250. The van der Waals surface area contributed by atoms with E-state index >= 15 is 0 Å². The van der Waals surface area contributed by atoms with Crippen LogP contribution in [-0.4, -0.2) is 23.8 Å². The average Bonchev–Trinajstić information content (AvgIpc) is 2.28. The van der Waals surface area contributed by atoms with E-state index in [9.17, 15) is 4.79 Å². The molecular weight excluding hydrogens is 204 g/mol. The van der Waals surface area contributed by atoms with Crippen molar-refractivity contribution in [1.82, 2.24) is 10.6 Å². The van der Waals surface area contributed by atoms with Crippen LogP contribution in [0.1, 0.15) is 12.5 Å². The van der Waals surface area contributed by atoms with Crippen LogP contribution in [-0.2, 0) is 0 Å². The standard InChI is InChI=1S/C12H16N2O2/c1-10(15)9-14-12(16)13-8-7-11-5-3-2-4-6-11/h2-8,10,15H,9H2,1H3,(H2,13,14,16)/b8-7+. The third-order valence-corrected chi connectivity index (χ3v) is 1.85. The molecule has 0 spiro atoms. The van der Waals surface area contributed by atoms with Gasteiger partial charge in [0, 0.05) is 12.7 Å². The normalized spacial score (nSPS) is 12.4. The number of carbonyl (C=O) groups excluding carboxylic acids is 1. The minimum absolute atomic E-state index is 0.241. The van der Waals surface area contributed by atoms with Gasteiger partial charge < -0.3 is 15.7 Å². The predicted molar refractivity (Wildman–Crippen MR) is 63.7 cm³/mol. The van der Waals surface area contributed by atoms with E-state index in [1.54, 1.807) is 19.2 Å². The molecule has 1 unspecified atom stereocenters. The molecule has 1 aromatic carbocycles. The SMILES string of the molecule is CC(O)CNC(=O)N/C=C/c1ccccc1. The number of amides is 2. The Balaban J connectivity index is 2.29. The maximum absolute atomic E-state index is 11.2. The van der Waals surface area contributed by atoms with Crippen molar-refractivity contribution < 1.29 is 9.90 Å². The van der Waals surface area contributed by atoms with Crippen LogP contribution in [0.15, 0.2) is 36.5 Å². The zero-order valence-corrected chi connectivity index (χ0v) is 9.18. The Bertz CT molecular complexity index is 347. The van der Waals surface area contributed by atoms with Crippen LogP contribution in [0, 0.1) is 0 Å². The van der Waals surface area contributed by atoms with Crippen molar-refractivity contribution in [3.63, 3.8) is 0 Å². The largest absolute Gasteiger partial charge is 0.392 e. The summed E-state index contributed by atoms with van der Waals surface area (Å²) in [6.45, 7) is 1.85. The second-order valence-corrected chi connectivity index (χ2v) is 3.45. The molecule has 0 aliphatic rings. The summed E-state index contributed by atoms with van der Waals surface area (Å²) in [5.74, 6) is 0. The molecule has 1 atom stereocenters. The van der Waals surface area contributed by atoms with Crippen LogP contribution in [0.3, 0.4) is 0 Å². The van der Waals surface area contributed by atoms with E-state index in [0.717, 1.165) is 5.56 Å². The Morgan fingerprint density at radius 2 is 2.12 bits per heavy atom.